The highest BCUT2D eigenvalue weighted by Crippen LogP contribution is 2.31. The molecule has 0 aromatic heterocycles. The van der Waals surface area contributed by atoms with Crippen molar-refractivity contribution < 1.29 is 22.7 Å². The minimum absolute atomic E-state index is 0.0200. The van der Waals surface area contributed by atoms with Gasteiger partial charge in [-0.2, -0.15) is 0 Å². The van der Waals surface area contributed by atoms with Gasteiger partial charge in [-0.3, -0.25) is 13.9 Å². The van der Waals surface area contributed by atoms with Gasteiger partial charge in [-0.25, -0.2) is 8.42 Å². The average Bonchev–Trinajstić information content (AvgIpc) is 3.06. The molecular weight excluding hydrogens is 746 g/mol. The van der Waals surface area contributed by atoms with Crippen LogP contribution < -0.4 is 14.4 Å². The molecule has 0 radical (unpaired) electrons. The molecule has 0 fully saturated rings. The number of hydrogen-bond donors (Lipinski definition) is 1. The summed E-state index contributed by atoms with van der Waals surface area (Å²) in [5, 5.41) is 3.06. The van der Waals surface area contributed by atoms with E-state index in [9.17, 15) is 18.0 Å². The third-order valence-corrected chi connectivity index (χ3v) is 10.8. The predicted octanol–water partition coefficient (Wildman–Crippen LogP) is 7.28. The van der Waals surface area contributed by atoms with E-state index in [0.29, 0.717) is 22.3 Å². The number of amides is 2. The van der Waals surface area contributed by atoms with Crippen LogP contribution in [0.2, 0.25) is 0 Å². The summed E-state index contributed by atoms with van der Waals surface area (Å²) in [6, 6.07) is 27.3. The smallest absolute Gasteiger partial charge is 0.264 e. The van der Waals surface area contributed by atoms with Gasteiger partial charge >= 0.3 is 0 Å². The van der Waals surface area contributed by atoms with Crippen LogP contribution in [0.25, 0.3) is 0 Å². The third kappa shape index (κ3) is 9.46. The Morgan fingerprint density at radius 1 is 0.894 bits per heavy atom. The van der Waals surface area contributed by atoms with Crippen molar-refractivity contribution in [3.63, 3.8) is 0 Å². The van der Waals surface area contributed by atoms with Gasteiger partial charge in [0.05, 0.1) is 22.2 Å². The molecule has 2 amide bonds. The van der Waals surface area contributed by atoms with E-state index in [1.165, 1.54) is 24.1 Å². The van der Waals surface area contributed by atoms with Crippen LogP contribution >= 0.6 is 31.9 Å². The van der Waals surface area contributed by atoms with E-state index >= 15 is 0 Å². The van der Waals surface area contributed by atoms with E-state index in [1.807, 2.05) is 75.4 Å². The molecule has 4 aromatic rings. The first-order valence-corrected chi connectivity index (χ1v) is 18.3. The first-order valence-electron chi connectivity index (χ1n) is 15.2. The lowest BCUT2D eigenvalue weighted by Gasteiger charge is -2.34. The van der Waals surface area contributed by atoms with Gasteiger partial charge in [0.15, 0.2) is 0 Å². The molecule has 0 unspecified atom stereocenters. The van der Waals surface area contributed by atoms with E-state index in [0.717, 1.165) is 25.5 Å². The zero-order chi connectivity index (χ0) is 34.1. The summed E-state index contributed by atoms with van der Waals surface area (Å²) < 4.78 is 36.4. The van der Waals surface area contributed by atoms with Gasteiger partial charge in [0.2, 0.25) is 11.8 Å². The number of carbonyl (C=O) groups is 2. The molecule has 0 bridgehead atoms. The number of benzene rings is 4. The maximum absolute atomic E-state index is 14.6. The Labute approximate surface area is 294 Å². The molecule has 0 saturated heterocycles. The molecule has 0 aliphatic rings. The monoisotopic (exact) mass is 783 g/mol. The summed E-state index contributed by atoms with van der Waals surface area (Å²) in [4.78, 5) is 30.0. The lowest BCUT2D eigenvalue weighted by molar-refractivity contribution is -0.140. The first-order chi connectivity index (χ1) is 22.4. The number of nitrogens with zero attached hydrogens (tertiary/aromatic N) is 2. The number of sulfonamides is 1. The van der Waals surface area contributed by atoms with Crippen LogP contribution in [0.4, 0.5) is 5.69 Å². The largest absolute Gasteiger partial charge is 0.496 e. The van der Waals surface area contributed by atoms with Crippen LogP contribution in [0, 0.1) is 6.92 Å². The van der Waals surface area contributed by atoms with E-state index in [2.05, 4.69) is 37.2 Å². The van der Waals surface area contributed by atoms with Crippen molar-refractivity contribution in [2.45, 2.75) is 57.1 Å². The normalized spacial score (nSPS) is 12.6. The number of nitrogens with one attached hydrogen (secondary N) is 1. The maximum Gasteiger partial charge on any atom is 0.264 e. The number of anilines is 1. The Kier molecular flexibility index (Phi) is 12.6. The van der Waals surface area contributed by atoms with E-state index in [-0.39, 0.29) is 29.8 Å². The molecule has 2 atom stereocenters. The Morgan fingerprint density at radius 2 is 1.55 bits per heavy atom. The molecule has 0 saturated carbocycles. The minimum atomic E-state index is -4.26. The lowest BCUT2D eigenvalue weighted by atomic mass is 10.0. The highest BCUT2D eigenvalue weighted by molar-refractivity contribution is 9.10. The van der Waals surface area contributed by atoms with Crippen LogP contribution in [0.1, 0.15) is 37.0 Å². The fraction of sp³-hybridized carbons (Fsp3) is 0.278. The number of methoxy groups -OCH3 is 1. The molecule has 47 heavy (non-hydrogen) atoms. The van der Waals surface area contributed by atoms with Crippen molar-refractivity contribution in [1.29, 1.82) is 0 Å². The Bertz CT molecular complexity index is 1770. The maximum atomic E-state index is 14.6. The predicted molar refractivity (Wildman–Crippen MR) is 193 cm³/mol. The van der Waals surface area contributed by atoms with Crippen LogP contribution in [0.5, 0.6) is 5.75 Å². The molecule has 0 aliphatic heterocycles. The second-order valence-corrected chi connectivity index (χ2v) is 14.9. The second-order valence-electron chi connectivity index (χ2n) is 11.3. The topological polar surface area (TPSA) is 96.0 Å². The van der Waals surface area contributed by atoms with Gasteiger partial charge in [0.1, 0.15) is 18.3 Å². The number of halogens is 2. The number of aryl methyl sites for hydroxylation is 1. The molecule has 0 aliphatic carbocycles. The molecular formula is C36H39Br2N3O5S. The average molecular weight is 786 g/mol. The molecule has 4 rings (SSSR count). The molecule has 11 heteroatoms. The zero-order valence-electron chi connectivity index (χ0n) is 26.8. The van der Waals surface area contributed by atoms with E-state index in [1.54, 1.807) is 30.3 Å². The van der Waals surface area contributed by atoms with Crippen molar-refractivity contribution in [1.82, 2.24) is 10.2 Å². The molecule has 8 nitrogen and oxygen atoms in total. The summed E-state index contributed by atoms with van der Waals surface area (Å²) in [5.41, 5.74) is 2.92. The fourth-order valence-corrected chi connectivity index (χ4v) is 7.35. The van der Waals surface area contributed by atoms with Gasteiger partial charge in [0, 0.05) is 23.5 Å². The number of carbonyl (C=O) groups excluding carboxylic acids is 2. The first kappa shape index (κ1) is 36.2. The molecule has 4 aromatic carbocycles. The molecule has 0 spiro atoms. The Morgan fingerprint density at radius 3 is 2.15 bits per heavy atom. The van der Waals surface area contributed by atoms with Gasteiger partial charge in [-0.1, -0.05) is 83.0 Å². The van der Waals surface area contributed by atoms with Gasteiger partial charge in [-0.05, 0) is 89.8 Å². The van der Waals surface area contributed by atoms with Crippen LogP contribution in [0.15, 0.2) is 111 Å². The van der Waals surface area contributed by atoms with Crippen LogP contribution in [-0.4, -0.2) is 50.9 Å². The van der Waals surface area contributed by atoms with Crippen molar-refractivity contribution in [3.8, 4) is 5.75 Å². The third-order valence-electron chi connectivity index (χ3n) is 7.85. The number of rotatable bonds is 14. The summed E-state index contributed by atoms with van der Waals surface area (Å²) in [6.45, 7) is 5.35. The summed E-state index contributed by atoms with van der Waals surface area (Å²) >= 11 is 6.86. The quantitative estimate of drug-likeness (QED) is 0.145. The fourth-order valence-electron chi connectivity index (χ4n) is 4.96. The minimum Gasteiger partial charge on any atom is -0.496 e. The summed E-state index contributed by atoms with van der Waals surface area (Å²) in [5.74, 6) is -0.360. The molecule has 248 valence electrons. The number of hydrogen-bond acceptors (Lipinski definition) is 5. The Hall–Kier alpha value is -3.67. The zero-order valence-corrected chi connectivity index (χ0v) is 30.8. The standard InChI is InChI=1S/C36H39Br2N3O5S/c1-5-26(3)39-36(43)33(21-27-9-7-6-8-10-27)40(23-28-13-15-29(37)16-14-28)35(42)24-41(30-17-11-25(2)12-18-30)47(44,45)31-19-20-34(46-4)32(38)22-31/h6-20,22,26,33H,5,21,23-24H2,1-4H3,(H,39,43)/t26-,33-/m0/s1. The second kappa shape index (κ2) is 16.4. The summed E-state index contributed by atoms with van der Waals surface area (Å²) in [7, 11) is -2.76. The SMILES string of the molecule is CC[C@H](C)NC(=O)[C@H](Cc1ccccc1)N(Cc1ccc(Br)cc1)C(=O)CN(c1ccc(C)cc1)S(=O)(=O)c1ccc(OC)c(Br)c1. The van der Waals surface area contributed by atoms with Crippen molar-refractivity contribution in [2.75, 3.05) is 18.0 Å². The summed E-state index contributed by atoms with van der Waals surface area (Å²) in [6.07, 6.45) is 0.954. The van der Waals surface area contributed by atoms with Gasteiger partial charge < -0.3 is 15.0 Å². The van der Waals surface area contributed by atoms with Gasteiger partial charge in [0.25, 0.3) is 10.0 Å². The van der Waals surface area contributed by atoms with Crippen molar-refractivity contribution >= 4 is 59.4 Å². The highest BCUT2D eigenvalue weighted by atomic mass is 79.9. The molecule has 0 heterocycles. The van der Waals surface area contributed by atoms with Crippen molar-refractivity contribution in [2.24, 2.45) is 0 Å². The highest BCUT2D eigenvalue weighted by Gasteiger charge is 2.35. The van der Waals surface area contributed by atoms with Crippen molar-refractivity contribution in [3.05, 3.63) is 123 Å². The van der Waals surface area contributed by atoms with E-state index in [4.69, 9.17) is 4.74 Å². The van der Waals surface area contributed by atoms with E-state index < -0.39 is 28.5 Å². The van der Waals surface area contributed by atoms with Crippen LogP contribution in [0.3, 0.4) is 0 Å². The van der Waals surface area contributed by atoms with Gasteiger partial charge in [-0.15, -0.1) is 0 Å². The number of ether oxygens (including phenoxy) is 1. The molecule has 1 N–H and O–H groups in total. The lowest BCUT2D eigenvalue weighted by Crippen LogP contribution is -2.54. The van der Waals surface area contributed by atoms with Crippen LogP contribution in [-0.2, 0) is 32.6 Å². The Balaban J connectivity index is 1.81.